The maximum atomic E-state index is 14.4. The lowest BCUT2D eigenvalue weighted by molar-refractivity contribution is -0.143. The number of carbonyl (C=O) groups excluding carboxylic acids is 5. The van der Waals surface area contributed by atoms with Crippen LogP contribution in [0.25, 0.3) is 0 Å². The number of likely N-dealkylation sites (tertiary alicyclic amines) is 1. The summed E-state index contributed by atoms with van der Waals surface area (Å²) < 4.78 is 57.6. The number of benzene rings is 1. The molecule has 5 atom stereocenters. The highest BCUT2D eigenvalue weighted by atomic mass is 32.2. The Morgan fingerprint density at radius 2 is 1.73 bits per heavy atom. The molecular formula is C35H46FN5O10S. The Kier molecular flexibility index (Phi) is 10.3. The van der Waals surface area contributed by atoms with Gasteiger partial charge in [-0.2, -0.15) is 8.42 Å². The Hall–Kier alpha value is -4.25. The van der Waals surface area contributed by atoms with Gasteiger partial charge in [0.25, 0.3) is 5.91 Å². The molecule has 0 unspecified atom stereocenters. The smallest absolute Gasteiger partial charge is 0.410 e. The zero-order valence-electron chi connectivity index (χ0n) is 29.5. The molecule has 52 heavy (non-hydrogen) atoms. The van der Waals surface area contributed by atoms with Crippen LogP contribution in [0.1, 0.15) is 83.3 Å². The van der Waals surface area contributed by atoms with Crippen molar-refractivity contribution in [3.63, 3.8) is 0 Å². The van der Waals surface area contributed by atoms with Crippen molar-refractivity contribution in [3.05, 3.63) is 47.8 Å². The Bertz CT molecular complexity index is 1740. The zero-order valence-corrected chi connectivity index (χ0v) is 30.3. The van der Waals surface area contributed by atoms with E-state index in [1.165, 1.54) is 21.9 Å². The van der Waals surface area contributed by atoms with Gasteiger partial charge in [-0.15, -0.1) is 6.58 Å². The molecule has 5 amide bonds. The van der Waals surface area contributed by atoms with Gasteiger partial charge in [0, 0.05) is 24.4 Å². The van der Waals surface area contributed by atoms with E-state index < -0.39 is 87.2 Å². The maximum absolute atomic E-state index is 14.4. The minimum absolute atomic E-state index is 0.0206. The van der Waals surface area contributed by atoms with E-state index in [1.54, 1.807) is 32.9 Å². The number of carbonyl (C=O) groups is 5. The van der Waals surface area contributed by atoms with Gasteiger partial charge in [-0.05, 0) is 62.0 Å². The fourth-order valence-electron chi connectivity index (χ4n) is 7.14. The van der Waals surface area contributed by atoms with Gasteiger partial charge in [-0.1, -0.05) is 39.0 Å². The Morgan fingerprint density at radius 1 is 1.02 bits per heavy atom. The number of halogens is 1. The molecule has 0 bridgehead atoms. The number of nitrogens with one attached hydrogen (secondary N) is 3. The predicted octanol–water partition coefficient (Wildman–Crippen LogP) is 2.93. The first kappa shape index (κ1) is 37.5. The van der Waals surface area contributed by atoms with Crippen molar-refractivity contribution in [3.8, 4) is 0 Å². The molecule has 1 saturated heterocycles. The number of hydrogen-bond donors (Lipinski definition) is 3. The fourth-order valence-corrected chi connectivity index (χ4v) is 8.14. The van der Waals surface area contributed by atoms with Crippen LogP contribution in [0.15, 0.2) is 30.9 Å². The van der Waals surface area contributed by atoms with Gasteiger partial charge in [0.1, 0.15) is 35.6 Å². The number of hydrogen-bond acceptors (Lipinski definition) is 10. The van der Waals surface area contributed by atoms with E-state index in [-0.39, 0.29) is 38.6 Å². The van der Waals surface area contributed by atoms with Gasteiger partial charge < -0.3 is 25.0 Å². The van der Waals surface area contributed by atoms with Crippen LogP contribution in [-0.2, 0) is 51.4 Å². The lowest BCUT2D eigenvalue weighted by Gasteiger charge is -2.35. The highest BCUT2D eigenvalue weighted by Gasteiger charge is 2.62. The summed E-state index contributed by atoms with van der Waals surface area (Å²) in [6, 6.07) is 2.09. The first-order valence-corrected chi connectivity index (χ1v) is 19.1. The Morgan fingerprint density at radius 3 is 2.35 bits per heavy atom. The minimum Gasteiger partial charge on any atom is -0.446 e. The summed E-state index contributed by atoms with van der Waals surface area (Å²) in [5.74, 6) is -3.55. The highest BCUT2D eigenvalue weighted by molar-refractivity contribution is 7.85. The van der Waals surface area contributed by atoms with Crippen molar-refractivity contribution in [2.75, 3.05) is 6.54 Å². The summed E-state index contributed by atoms with van der Waals surface area (Å²) in [5.41, 5.74) is -1.55. The predicted molar refractivity (Wildman–Crippen MR) is 181 cm³/mol. The van der Waals surface area contributed by atoms with Crippen molar-refractivity contribution >= 4 is 40.2 Å². The molecule has 1 aromatic rings. The molecule has 17 heteroatoms. The molecule has 0 radical (unpaired) electrons. The molecule has 284 valence electrons. The van der Waals surface area contributed by atoms with Crippen LogP contribution in [0.3, 0.4) is 0 Å². The molecule has 2 heterocycles. The van der Waals surface area contributed by atoms with E-state index in [0.717, 1.165) is 12.8 Å². The molecular weight excluding hydrogens is 701 g/mol. The van der Waals surface area contributed by atoms with E-state index in [0.29, 0.717) is 36.8 Å². The monoisotopic (exact) mass is 747 g/mol. The molecule has 5 aliphatic rings. The maximum Gasteiger partial charge on any atom is 0.410 e. The Labute approximate surface area is 302 Å². The summed E-state index contributed by atoms with van der Waals surface area (Å²) >= 11 is 0. The normalized spacial score (nSPS) is 26.3. The standard InChI is InChI=1S/C35H46FN5O10S/c1-5-21-16-35(21,31(44)39-52(47,48)51-23-13-14-23)38-29(42)27-15-24(50-33(46)40-17-20-9-8-12-26(36)25(20)19-40)18-41(27)30(43)28(34(2,3)4)37-32(45)49-22-10-6-7-11-22/h5,8-9,12,21-24,27-28H,1,6-7,10-11,13-19H2,2-4H3,(H,37,45)(H,38,42)(H,39,44)/t21-,24-,27+,28-,35-/m1/s1. The first-order chi connectivity index (χ1) is 24.5. The van der Waals surface area contributed by atoms with Crippen molar-refractivity contribution < 1.29 is 50.4 Å². The lowest BCUT2D eigenvalue weighted by atomic mass is 9.85. The quantitative estimate of drug-likeness (QED) is 0.284. The molecule has 1 aromatic carbocycles. The van der Waals surface area contributed by atoms with E-state index in [4.69, 9.17) is 13.7 Å². The lowest BCUT2D eigenvalue weighted by Crippen LogP contribution is -2.60. The largest absolute Gasteiger partial charge is 0.446 e. The molecule has 0 aromatic heterocycles. The van der Waals surface area contributed by atoms with Crippen molar-refractivity contribution in [2.45, 2.75) is 121 Å². The summed E-state index contributed by atoms with van der Waals surface area (Å²) in [5, 5.41) is 5.34. The molecule has 3 saturated carbocycles. The van der Waals surface area contributed by atoms with Crippen LogP contribution in [-0.4, -0.2) is 90.6 Å². The topological polar surface area (TPSA) is 190 Å². The molecule has 15 nitrogen and oxygen atoms in total. The van der Waals surface area contributed by atoms with E-state index in [9.17, 15) is 36.8 Å². The minimum atomic E-state index is -4.46. The number of ether oxygens (including phenoxy) is 2. The van der Waals surface area contributed by atoms with Crippen molar-refractivity contribution in [1.82, 2.24) is 25.2 Å². The van der Waals surface area contributed by atoms with Crippen molar-refractivity contribution in [1.29, 1.82) is 0 Å². The summed E-state index contributed by atoms with van der Waals surface area (Å²) in [6.45, 7) is 8.77. The van der Waals surface area contributed by atoms with Crippen LogP contribution in [0.4, 0.5) is 14.0 Å². The van der Waals surface area contributed by atoms with Gasteiger partial charge in [0.2, 0.25) is 11.8 Å². The Balaban J connectivity index is 1.21. The third kappa shape index (κ3) is 8.19. The second kappa shape index (κ2) is 14.3. The average molecular weight is 748 g/mol. The van der Waals surface area contributed by atoms with Crippen LogP contribution in [0, 0.1) is 17.2 Å². The molecule has 3 N–H and O–H groups in total. The summed E-state index contributed by atoms with van der Waals surface area (Å²) in [7, 11) is -4.46. The second-order valence-corrected chi connectivity index (χ2v) is 16.7. The van der Waals surface area contributed by atoms with Gasteiger partial charge in [-0.3, -0.25) is 23.5 Å². The average Bonchev–Trinajstić information content (AvgIpc) is 3.77. The number of rotatable bonds is 11. The summed E-state index contributed by atoms with van der Waals surface area (Å²) in [6.07, 6.45) is 2.29. The number of alkyl carbamates (subject to hydrolysis) is 1. The van der Waals surface area contributed by atoms with Crippen LogP contribution in [0.2, 0.25) is 0 Å². The van der Waals surface area contributed by atoms with Crippen LogP contribution in [0.5, 0.6) is 0 Å². The highest BCUT2D eigenvalue weighted by Crippen LogP contribution is 2.45. The van der Waals surface area contributed by atoms with Crippen LogP contribution >= 0.6 is 0 Å². The number of fused-ring (bicyclic) bond motifs is 1. The summed E-state index contributed by atoms with van der Waals surface area (Å²) in [4.78, 5) is 70.7. The van der Waals surface area contributed by atoms with Gasteiger partial charge >= 0.3 is 22.5 Å². The fraction of sp³-hybridized carbons (Fsp3) is 0.629. The van der Waals surface area contributed by atoms with Gasteiger partial charge in [0.15, 0.2) is 0 Å². The van der Waals surface area contributed by atoms with E-state index in [1.807, 2.05) is 4.72 Å². The SMILES string of the molecule is C=C[C@@H]1C[C@]1(NC(=O)[C@@H]1C[C@@H](OC(=O)N2Cc3cccc(F)c3C2)CN1C(=O)[C@@H](NC(=O)OC1CCCC1)C(C)(C)C)C(=O)NS(=O)(=O)OC1CC1. The van der Waals surface area contributed by atoms with Crippen molar-refractivity contribution in [2.24, 2.45) is 11.3 Å². The third-order valence-corrected chi connectivity index (χ3v) is 11.3. The number of amides is 5. The molecule has 2 aliphatic heterocycles. The molecule has 3 aliphatic carbocycles. The second-order valence-electron chi connectivity index (χ2n) is 15.4. The number of nitrogens with zero attached hydrogens (tertiary/aromatic N) is 2. The molecule has 0 spiro atoms. The zero-order chi connectivity index (χ0) is 37.6. The van der Waals surface area contributed by atoms with Gasteiger partial charge in [-0.25, -0.2) is 18.7 Å². The third-order valence-electron chi connectivity index (χ3n) is 10.3. The molecule has 4 fully saturated rings. The van der Waals surface area contributed by atoms with E-state index >= 15 is 0 Å². The van der Waals surface area contributed by atoms with E-state index in [2.05, 4.69) is 17.2 Å². The van der Waals surface area contributed by atoms with Crippen LogP contribution < -0.4 is 15.4 Å². The molecule has 6 rings (SSSR count). The first-order valence-electron chi connectivity index (χ1n) is 17.7. The van der Waals surface area contributed by atoms with Gasteiger partial charge in [0.05, 0.1) is 19.2 Å².